The first-order chi connectivity index (χ1) is 10.7. The van der Waals surface area contributed by atoms with Gasteiger partial charge in [0.2, 0.25) is 0 Å². The van der Waals surface area contributed by atoms with Crippen molar-refractivity contribution in [3.05, 3.63) is 54.3 Å². The maximum atomic E-state index is 13.0. The van der Waals surface area contributed by atoms with E-state index >= 15 is 0 Å². The first-order valence-electron chi connectivity index (χ1n) is 6.77. The molecule has 0 heterocycles. The van der Waals surface area contributed by atoms with Crippen LogP contribution in [-0.2, 0) is 0 Å². The summed E-state index contributed by atoms with van der Waals surface area (Å²) in [5, 5.41) is 2.96. The van der Waals surface area contributed by atoms with Gasteiger partial charge in [-0.25, -0.2) is 9.38 Å². The van der Waals surface area contributed by atoms with Crippen molar-refractivity contribution in [1.82, 2.24) is 0 Å². The molecule has 0 fully saturated rings. The van der Waals surface area contributed by atoms with Gasteiger partial charge in [-0.1, -0.05) is 6.07 Å². The zero-order chi connectivity index (χ0) is 15.8. The zero-order valence-electron chi connectivity index (χ0n) is 12.3. The third-order valence-electron chi connectivity index (χ3n) is 2.80. The highest BCUT2D eigenvalue weighted by molar-refractivity contribution is 5.92. The molecule has 0 spiro atoms. The average molecular weight is 303 g/mol. The zero-order valence-corrected chi connectivity index (χ0v) is 12.3. The Morgan fingerprint density at radius 2 is 1.95 bits per heavy atom. The van der Waals surface area contributed by atoms with Crippen molar-refractivity contribution in [2.24, 2.45) is 10.7 Å². The highest BCUT2D eigenvalue weighted by Gasteiger charge is 1.97. The quantitative estimate of drug-likeness (QED) is 0.489. The first-order valence-corrected chi connectivity index (χ1v) is 6.77. The molecule has 5 nitrogen and oxygen atoms in total. The van der Waals surface area contributed by atoms with Gasteiger partial charge in [0.1, 0.15) is 23.9 Å². The lowest BCUT2D eigenvalue weighted by atomic mass is 10.3. The number of aliphatic imine (C=N–C) groups is 1. The molecule has 0 radical (unpaired) electrons. The van der Waals surface area contributed by atoms with Crippen molar-refractivity contribution in [3.63, 3.8) is 0 Å². The molecular formula is C16H18FN3O2. The standard InChI is InChI=1S/C16H18FN3O2/c1-21-14-7-5-13(6-8-14)20-16(18)19-9-10-22-15-4-2-3-12(17)11-15/h2-8,11H,9-10H2,1H3,(H3,18,19,20). The highest BCUT2D eigenvalue weighted by atomic mass is 19.1. The summed E-state index contributed by atoms with van der Waals surface area (Å²) < 4.78 is 23.4. The second kappa shape index (κ2) is 7.87. The van der Waals surface area contributed by atoms with Crippen molar-refractivity contribution in [2.75, 3.05) is 25.6 Å². The molecule has 0 unspecified atom stereocenters. The maximum absolute atomic E-state index is 13.0. The van der Waals surface area contributed by atoms with E-state index < -0.39 is 0 Å². The van der Waals surface area contributed by atoms with Crippen molar-refractivity contribution in [1.29, 1.82) is 0 Å². The van der Waals surface area contributed by atoms with Gasteiger partial charge in [-0.3, -0.25) is 0 Å². The molecule has 0 saturated carbocycles. The smallest absolute Gasteiger partial charge is 0.193 e. The SMILES string of the molecule is COc1ccc(NC(N)=NCCOc2cccc(F)c2)cc1. The van der Waals surface area contributed by atoms with E-state index in [-0.39, 0.29) is 11.8 Å². The molecule has 0 amide bonds. The number of nitrogens with one attached hydrogen (secondary N) is 1. The molecule has 2 aromatic rings. The molecule has 2 aromatic carbocycles. The van der Waals surface area contributed by atoms with E-state index in [9.17, 15) is 4.39 Å². The van der Waals surface area contributed by atoms with Gasteiger partial charge in [0, 0.05) is 11.8 Å². The van der Waals surface area contributed by atoms with Crippen LogP contribution in [0.3, 0.4) is 0 Å². The summed E-state index contributed by atoms with van der Waals surface area (Å²) in [5.41, 5.74) is 6.58. The van der Waals surface area contributed by atoms with Crippen LogP contribution in [0, 0.1) is 5.82 Å². The summed E-state index contributed by atoms with van der Waals surface area (Å²) >= 11 is 0. The number of anilines is 1. The van der Waals surface area contributed by atoms with E-state index in [1.807, 2.05) is 24.3 Å². The fourth-order valence-electron chi connectivity index (χ4n) is 1.75. The summed E-state index contributed by atoms with van der Waals surface area (Å²) in [6.45, 7) is 0.681. The van der Waals surface area contributed by atoms with Crippen LogP contribution < -0.4 is 20.5 Å². The minimum absolute atomic E-state index is 0.285. The third kappa shape index (κ3) is 4.97. The van der Waals surface area contributed by atoms with Crippen LogP contribution in [0.15, 0.2) is 53.5 Å². The minimum Gasteiger partial charge on any atom is -0.497 e. The van der Waals surface area contributed by atoms with Gasteiger partial charge in [0.25, 0.3) is 0 Å². The molecule has 0 aromatic heterocycles. The van der Waals surface area contributed by atoms with Gasteiger partial charge in [0.15, 0.2) is 5.96 Å². The number of halogens is 1. The van der Waals surface area contributed by atoms with Gasteiger partial charge >= 0.3 is 0 Å². The van der Waals surface area contributed by atoms with Crippen molar-refractivity contribution in [2.45, 2.75) is 0 Å². The Morgan fingerprint density at radius 1 is 1.18 bits per heavy atom. The number of hydrogen-bond acceptors (Lipinski definition) is 3. The Hall–Kier alpha value is -2.76. The number of nitrogens with zero attached hydrogens (tertiary/aromatic N) is 1. The molecule has 0 aliphatic carbocycles. The highest BCUT2D eigenvalue weighted by Crippen LogP contribution is 2.14. The second-order valence-electron chi connectivity index (χ2n) is 4.43. The summed E-state index contributed by atoms with van der Waals surface area (Å²) in [6, 6.07) is 13.3. The largest absolute Gasteiger partial charge is 0.497 e. The van der Waals surface area contributed by atoms with Crippen molar-refractivity contribution >= 4 is 11.6 Å². The molecule has 0 saturated heterocycles. The average Bonchev–Trinajstić information content (AvgIpc) is 2.52. The van der Waals surface area contributed by atoms with E-state index in [4.69, 9.17) is 15.2 Å². The Balaban J connectivity index is 1.77. The van der Waals surface area contributed by atoms with E-state index in [1.165, 1.54) is 12.1 Å². The minimum atomic E-state index is -0.332. The molecule has 0 bridgehead atoms. The number of hydrogen-bond donors (Lipinski definition) is 2. The number of ether oxygens (including phenoxy) is 2. The summed E-state index contributed by atoms with van der Waals surface area (Å²) in [7, 11) is 1.61. The molecule has 2 rings (SSSR count). The van der Waals surface area contributed by atoms with Gasteiger partial charge in [-0.2, -0.15) is 0 Å². The van der Waals surface area contributed by atoms with Crippen LogP contribution in [0.4, 0.5) is 10.1 Å². The van der Waals surface area contributed by atoms with Gasteiger partial charge in [-0.15, -0.1) is 0 Å². The van der Waals surface area contributed by atoms with Crippen LogP contribution in [0.5, 0.6) is 11.5 Å². The normalized spacial score (nSPS) is 11.1. The first kappa shape index (κ1) is 15.6. The fraction of sp³-hybridized carbons (Fsp3) is 0.188. The molecular weight excluding hydrogens is 285 g/mol. The van der Waals surface area contributed by atoms with Gasteiger partial charge in [-0.05, 0) is 36.4 Å². The number of nitrogens with two attached hydrogens (primary N) is 1. The van der Waals surface area contributed by atoms with Gasteiger partial charge < -0.3 is 20.5 Å². The van der Waals surface area contributed by atoms with Crippen LogP contribution in [-0.4, -0.2) is 26.2 Å². The second-order valence-corrected chi connectivity index (χ2v) is 4.43. The van der Waals surface area contributed by atoms with Crippen molar-refractivity contribution < 1.29 is 13.9 Å². The number of benzene rings is 2. The van der Waals surface area contributed by atoms with Crippen LogP contribution in [0.25, 0.3) is 0 Å². The molecule has 6 heteroatoms. The van der Waals surface area contributed by atoms with Crippen molar-refractivity contribution in [3.8, 4) is 11.5 Å². The molecule has 116 valence electrons. The lowest BCUT2D eigenvalue weighted by Gasteiger charge is -2.07. The summed E-state index contributed by atoms with van der Waals surface area (Å²) in [6.07, 6.45) is 0. The Kier molecular flexibility index (Phi) is 5.59. The van der Waals surface area contributed by atoms with E-state index in [0.717, 1.165) is 11.4 Å². The predicted molar refractivity (Wildman–Crippen MR) is 85.0 cm³/mol. The van der Waals surface area contributed by atoms with Crippen LogP contribution >= 0.6 is 0 Å². The molecule has 22 heavy (non-hydrogen) atoms. The van der Waals surface area contributed by atoms with E-state index in [0.29, 0.717) is 18.9 Å². The summed E-state index contributed by atoms with van der Waals surface area (Å²) in [5.74, 6) is 1.19. The number of rotatable bonds is 6. The van der Waals surface area contributed by atoms with Crippen LogP contribution in [0.1, 0.15) is 0 Å². The summed E-state index contributed by atoms with van der Waals surface area (Å²) in [4.78, 5) is 4.13. The molecule has 0 aliphatic rings. The Labute approximate surface area is 128 Å². The van der Waals surface area contributed by atoms with E-state index in [1.54, 1.807) is 19.2 Å². The Bertz CT molecular complexity index is 630. The Morgan fingerprint density at radius 3 is 2.64 bits per heavy atom. The number of methoxy groups -OCH3 is 1. The molecule has 3 N–H and O–H groups in total. The lowest BCUT2D eigenvalue weighted by molar-refractivity contribution is 0.327. The van der Waals surface area contributed by atoms with E-state index in [2.05, 4.69) is 10.3 Å². The maximum Gasteiger partial charge on any atom is 0.193 e. The monoisotopic (exact) mass is 303 g/mol. The lowest BCUT2D eigenvalue weighted by Crippen LogP contribution is -2.23. The fourth-order valence-corrected chi connectivity index (χ4v) is 1.75. The van der Waals surface area contributed by atoms with Crippen LogP contribution in [0.2, 0.25) is 0 Å². The third-order valence-corrected chi connectivity index (χ3v) is 2.80. The van der Waals surface area contributed by atoms with Gasteiger partial charge in [0.05, 0.1) is 13.7 Å². The number of guanidine groups is 1. The molecule has 0 aliphatic heterocycles. The topological polar surface area (TPSA) is 68.9 Å². The molecule has 0 atom stereocenters. The predicted octanol–water partition coefficient (Wildman–Crippen LogP) is 2.64.